The van der Waals surface area contributed by atoms with Crippen molar-refractivity contribution >= 4 is 45.0 Å². The maximum atomic E-state index is 12.5. The Labute approximate surface area is 168 Å². The molecule has 28 heavy (non-hydrogen) atoms. The summed E-state index contributed by atoms with van der Waals surface area (Å²) >= 11 is 1.36. The number of hydrogen-bond acceptors (Lipinski definition) is 5. The lowest BCUT2D eigenvalue weighted by Gasteiger charge is -2.24. The van der Waals surface area contributed by atoms with E-state index in [0.29, 0.717) is 11.3 Å². The molecular weight excluding hydrogens is 398 g/mol. The lowest BCUT2D eigenvalue weighted by molar-refractivity contribution is -0.124. The van der Waals surface area contributed by atoms with E-state index < -0.39 is 21.3 Å². The van der Waals surface area contributed by atoms with Gasteiger partial charge in [0.15, 0.2) is 0 Å². The highest BCUT2D eigenvalue weighted by molar-refractivity contribution is 8.01. The van der Waals surface area contributed by atoms with Crippen LogP contribution in [-0.4, -0.2) is 31.7 Å². The second-order valence-corrected chi connectivity index (χ2v) is 9.54. The average Bonchev–Trinajstić information content (AvgIpc) is 2.61. The topological polar surface area (TPSA) is 104 Å². The molecule has 2 atom stereocenters. The van der Waals surface area contributed by atoms with E-state index in [2.05, 4.69) is 15.4 Å². The molecule has 9 heteroatoms. The number of anilines is 2. The number of nitrogens with one attached hydrogen (secondary N) is 3. The number of carbonyl (C=O) groups excluding carboxylic acids is 2. The first-order chi connectivity index (χ1) is 13.2. The van der Waals surface area contributed by atoms with E-state index in [4.69, 9.17) is 0 Å². The molecule has 0 aliphatic carbocycles. The molecule has 1 heterocycles. The summed E-state index contributed by atoms with van der Waals surface area (Å²) in [5.74, 6) is -0.487. The summed E-state index contributed by atoms with van der Waals surface area (Å²) in [6.07, 6.45) is 1.10. The van der Waals surface area contributed by atoms with Gasteiger partial charge in [-0.15, -0.1) is 11.8 Å². The van der Waals surface area contributed by atoms with Gasteiger partial charge in [-0.2, -0.15) is 0 Å². The second kappa shape index (κ2) is 8.24. The smallest absolute Gasteiger partial charge is 0.238 e. The van der Waals surface area contributed by atoms with E-state index in [1.54, 1.807) is 31.2 Å². The lowest BCUT2D eigenvalue weighted by Crippen LogP contribution is -2.35. The maximum absolute atomic E-state index is 12.5. The average molecular weight is 420 g/mol. The van der Waals surface area contributed by atoms with Crippen molar-refractivity contribution in [3.8, 4) is 0 Å². The van der Waals surface area contributed by atoms with Crippen LogP contribution in [-0.2, 0) is 19.6 Å². The predicted molar refractivity (Wildman–Crippen MR) is 111 cm³/mol. The van der Waals surface area contributed by atoms with Crippen LogP contribution in [0.2, 0.25) is 0 Å². The second-order valence-electron chi connectivity index (χ2n) is 6.55. The van der Waals surface area contributed by atoms with Gasteiger partial charge in [-0.05, 0) is 30.7 Å². The first-order valence-corrected chi connectivity index (χ1v) is 11.4. The standard InChI is InChI=1S/C19H21N3O4S2/c1-12(13-7-3-4-8-14(13)22-28(2,25)26)20-18(23)11-17-19(24)21-15-9-5-6-10-16(15)27-17/h3-10,12,17,22H,11H2,1-2H3,(H,20,23)(H,21,24). The van der Waals surface area contributed by atoms with Crippen molar-refractivity contribution in [2.45, 2.75) is 29.5 Å². The van der Waals surface area contributed by atoms with Crippen molar-refractivity contribution in [1.82, 2.24) is 5.32 Å². The van der Waals surface area contributed by atoms with Gasteiger partial charge < -0.3 is 10.6 Å². The fourth-order valence-electron chi connectivity index (χ4n) is 2.94. The Morgan fingerprint density at radius 1 is 1.18 bits per heavy atom. The molecule has 0 radical (unpaired) electrons. The van der Waals surface area contributed by atoms with Crippen LogP contribution in [0.4, 0.5) is 11.4 Å². The molecular formula is C19H21N3O4S2. The summed E-state index contributed by atoms with van der Waals surface area (Å²) < 4.78 is 25.6. The van der Waals surface area contributed by atoms with Gasteiger partial charge in [-0.3, -0.25) is 14.3 Å². The Morgan fingerprint density at radius 3 is 2.61 bits per heavy atom. The van der Waals surface area contributed by atoms with E-state index >= 15 is 0 Å². The first-order valence-electron chi connectivity index (χ1n) is 8.65. The number of para-hydroxylation sites is 2. The number of sulfonamides is 1. The Balaban J connectivity index is 1.67. The molecule has 2 aromatic rings. The van der Waals surface area contributed by atoms with Crippen molar-refractivity contribution in [3.63, 3.8) is 0 Å². The van der Waals surface area contributed by atoms with Crippen molar-refractivity contribution < 1.29 is 18.0 Å². The molecule has 0 saturated heterocycles. The van der Waals surface area contributed by atoms with Crippen LogP contribution in [0.1, 0.15) is 24.9 Å². The van der Waals surface area contributed by atoms with Crippen LogP contribution < -0.4 is 15.4 Å². The molecule has 3 N–H and O–H groups in total. The SMILES string of the molecule is CC(NC(=O)CC1Sc2ccccc2NC1=O)c1ccccc1NS(C)(=O)=O. The summed E-state index contributed by atoms with van der Waals surface area (Å²) in [4.78, 5) is 25.7. The van der Waals surface area contributed by atoms with Crippen molar-refractivity contribution in [1.29, 1.82) is 0 Å². The third-order valence-electron chi connectivity index (χ3n) is 4.18. The molecule has 2 aromatic carbocycles. The van der Waals surface area contributed by atoms with Crippen molar-refractivity contribution in [2.75, 3.05) is 16.3 Å². The fourth-order valence-corrected chi connectivity index (χ4v) is 4.64. The van der Waals surface area contributed by atoms with E-state index in [0.717, 1.165) is 16.8 Å². The van der Waals surface area contributed by atoms with Crippen LogP contribution in [0, 0.1) is 0 Å². The molecule has 0 fully saturated rings. The third kappa shape index (κ3) is 5.05. The molecule has 0 saturated carbocycles. The van der Waals surface area contributed by atoms with Gasteiger partial charge in [0, 0.05) is 11.3 Å². The molecule has 0 spiro atoms. The summed E-state index contributed by atoms with van der Waals surface area (Å²) in [6, 6.07) is 13.9. The quantitative estimate of drug-likeness (QED) is 0.668. The van der Waals surface area contributed by atoms with Crippen LogP contribution in [0.25, 0.3) is 0 Å². The molecule has 1 aliphatic heterocycles. The Hall–Kier alpha value is -2.52. The largest absolute Gasteiger partial charge is 0.349 e. The summed E-state index contributed by atoms with van der Waals surface area (Å²) in [6.45, 7) is 1.77. The van der Waals surface area contributed by atoms with Crippen LogP contribution >= 0.6 is 11.8 Å². The Bertz CT molecular complexity index is 1010. The van der Waals surface area contributed by atoms with Gasteiger partial charge >= 0.3 is 0 Å². The van der Waals surface area contributed by atoms with Crippen molar-refractivity contribution in [3.05, 3.63) is 54.1 Å². The zero-order chi connectivity index (χ0) is 20.3. The molecule has 7 nitrogen and oxygen atoms in total. The predicted octanol–water partition coefficient (Wildman–Crippen LogP) is 2.74. The van der Waals surface area contributed by atoms with E-state index in [1.807, 2.05) is 24.3 Å². The first kappa shape index (κ1) is 20.2. The normalized spacial score (nSPS) is 17.2. The molecule has 148 valence electrons. The van der Waals surface area contributed by atoms with Crippen molar-refractivity contribution in [2.24, 2.45) is 0 Å². The van der Waals surface area contributed by atoms with E-state index in [9.17, 15) is 18.0 Å². The van der Waals surface area contributed by atoms with Crippen LogP contribution in [0.5, 0.6) is 0 Å². The van der Waals surface area contributed by atoms with Crippen LogP contribution in [0.3, 0.4) is 0 Å². The van der Waals surface area contributed by atoms with Gasteiger partial charge in [-0.25, -0.2) is 8.42 Å². The van der Waals surface area contributed by atoms with Gasteiger partial charge in [-0.1, -0.05) is 30.3 Å². The highest BCUT2D eigenvalue weighted by Crippen LogP contribution is 2.36. The van der Waals surface area contributed by atoms with E-state index in [-0.39, 0.29) is 18.2 Å². The van der Waals surface area contributed by atoms with Gasteiger partial charge in [0.2, 0.25) is 21.8 Å². The van der Waals surface area contributed by atoms with Gasteiger partial charge in [0.25, 0.3) is 0 Å². The molecule has 2 unspecified atom stereocenters. The number of thioether (sulfide) groups is 1. The summed E-state index contributed by atoms with van der Waals surface area (Å²) in [5, 5.41) is 5.14. The van der Waals surface area contributed by atoms with E-state index in [1.165, 1.54) is 11.8 Å². The number of amides is 2. The summed E-state index contributed by atoms with van der Waals surface area (Å²) in [5.41, 5.74) is 1.81. The molecule has 0 bridgehead atoms. The zero-order valence-corrected chi connectivity index (χ0v) is 17.1. The number of fused-ring (bicyclic) bond motifs is 1. The Kier molecular flexibility index (Phi) is 5.95. The summed E-state index contributed by atoms with van der Waals surface area (Å²) in [7, 11) is -3.44. The Morgan fingerprint density at radius 2 is 1.86 bits per heavy atom. The van der Waals surface area contributed by atoms with Crippen LogP contribution in [0.15, 0.2) is 53.4 Å². The number of carbonyl (C=O) groups is 2. The highest BCUT2D eigenvalue weighted by Gasteiger charge is 2.29. The number of hydrogen-bond donors (Lipinski definition) is 3. The maximum Gasteiger partial charge on any atom is 0.238 e. The monoisotopic (exact) mass is 419 g/mol. The minimum Gasteiger partial charge on any atom is -0.349 e. The molecule has 1 aliphatic rings. The number of benzene rings is 2. The minimum atomic E-state index is -3.44. The lowest BCUT2D eigenvalue weighted by atomic mass is 10.1. The molecule has 3 rings (SSSR count). The van der Waals surface area contributed by atoms with Gasteiger partial charge in [0.1, 0.15) is 0 Å². The van der Waals surface area contributed by atoms with Gasteiger partial charge in [0.05, 0.1) is 28.9 Å². The third-order valence-corrected chi connectivity index (χ3v) is 6.04. The number of rotatable bonds is 6. The zero-order valence-electron chi connectivity index (χ0n) is 15.4. The minimum absolute atomic E-state index is 0.0246. The highest BCUT2D eigenvalue weighted by atomic mass is 32.2. The molecule has 0 aromatic heterocycles. The fraction of sp³-hybridized carbons (Fsp3) is 0.263. The molecule has 2 amide bonds.